The molecule has 1 aromatic heterocycles. The lowest BCUT2D eigenvalue weighted by molar-refractivity contribution is 0.0949. The number of halogens is 1. The third-order valence-corrected chi connectivity index (χ3v) is 2.85. The van der Waals surface area contributed by atoms with Gasteiger partial charge < -0.3 is 4.74 Å². The van der Waals surface area contributed by atoms with Crippen LogP contribution in [0.5, 0.6) is 5.75 Å². The number of benzene rings is 1. The molecule has 1 N–H and O–H groups in total. The number of hydrogen-bond acceptors (Lipinski definition) is 5. The van der Waals surface area contributed by atoms with Crippen molar-refractivity contribution in [3.8, 4) is 5.75 Å². The molecule has 0 spiro atoms. The van der Waals surface area contributed by atoms with Crippen molar-refractivity contribution in [3.05, 3.63) is 52.5 Å². The number of ether oxygens (including phenoxy) is 1. The second-order valence-electron chi connectivity index (χ2n) is 3.68. The number of hydrazone groups is 1. The van der Waals surface area contributed by atoms with Gasteiger partial charge in [0.15, 0.2) is 0 Å². The highest BCUT2D eigenvalue weighted by Crippen LogP contribution is 2.21. The highest BCUT2D eigenvalue weighted by molar-refractivity contribution is 9.10. The van der Waals surface area contributed by atoms with Gasteiger partial charge in [0.2, 0.25) is 0 Å². The number of amides is 1. The normalized spacial score (nSPS) is 10.5. The zero-order valence-electron chi connectivity index (χ0n) is 10.6. The van der Waals surface area contributed by atoms with E-state index in [0.717, 1.165) is 10.0 Å². The largest absolute Gasteiger partial charge is 0.496 e. The van der Waals surface area contributed by atoms with Crippen molar-refractivity contribution in [1.82, 2.24) is 15.4 Å². The van der Waals surface area contributed by atoms with Crippen molar-refractivity contribution in [3.63, 3.8) is 0 Å². The molecule has 6 nitrogen and oxygen atoms in total. The van der Waals surface area contributed by atoms with Crippen molar-refractivity contribution in [1.29, 1.82) is 0 Å². The smallest absolute Gasteiger partial charge is 0.291 e. The molecule has 0 aliphatic carbocycles. The number of rotatable bonds is 4. The summed E-state index contributed by atoms with van der Waals surface area (Å²) in [6.45, 7) is 0. The molecular weight excluding hydrogens is 324 g/mol. The number of methoxy groups -OCH3 is 1. The summed E-state index contributed by atoms with van der Waals surface area (Å²) in [5.41, 5.74) is 3.31. The number of nitrogens with zero attached hydrogens (tertiary/aromatic N) is 3. The summed E-state index contributed by atoms with van der Waals surface area (Å²) in [6.07, 6.45) is 5.80. The fourth-order valence-electron chi connectivity index (χ4n) is 1.44. The van der Waals surface area contributed by atoms with Gasteiger partial charge in [-0.05, 0) is 18.2 Å². The van der Waals surface area contributed by atoms with Gasteiger partial charge in [0.1, 0.15) is 11.4 Å². The zero-order valence-corrected chi connectivity index (χ0v) is 12.2. The van der Waals surface area contributed by atoms with E-state index in [0.29, 0.717) is 5.75 Å². The van der Waals surface area contributed by atoms with E-state index in [1.807, 2.05) is 12.1 Å². The molecule has 2 aromatic rings. The van der Waals surface area contributed by atoms with Crippen molar-refractivity contribution in [2.24, 2.45) is 5.10 Å². The molecule has 1 amide bonds. The molecule has 0 saturated carbocycles. The van der Waals surface area contributed by atoms with E-state index in [9.17, 15) is 4.79 Å². The third-order valence-electron chi connectivity index (χ3n) is 2.36. The van der Waals surface area contributed by atoms with Crippen molar-refractivity contribution in [2.75, 3.05) is 7.11 Å². The second kappa shape index (κ2) is 6.76. The van der Waals surface area contributed by atoms with E-state index in [4.69, 9.17) is 4.74 Å². The first-order chi connectivity index (χ1) is 9.70. The van der Waals surface area contributed by atoms with Gasteiger partial charge in [-0.1, -0.05) is 15.9 Å². The SMILES string of the molecule is COc1ccc(Br)cc1/C=N\NC(=O)c1cnccn1. The van der Waals surface area contributed by atoms with Crippen LogP contribution in [-0.4, -0.2) is 29.2 Å². The molecule has 1 aromatic carbocycles. The molecule has 0 atom stereocenters. The predicted octanol–water partition coefficient (Wildman–Crippen LogP) is 2.01. The van der Waals surface area contributed by atoms with E-state index < -0.39 is 5.91 Å². The van der Waals surface area contributed by atoms with Gasteiger partial charge in [0.25, 0.3) is 5.91 Å². The Labute approximate surface area is 124 Å². The minimum Gasteiger partial charge on any atom is -0.496 e. The van der Waals surface area contributed by atoms with Crippen molar-refractivity contribution < 1.29 is 9.53 Å². The number of hydrogen-bond donors (Lipinski definition) is 1. The molecule has 1 heterocycles. The van der Waals surface area contributed by atoms with Gasteiger partial charge >= 0.3 is 0 Å². The highest BCUT2D eigenvalue weighted by Gasteiger charge is 2.05. The molecule has 20 heavy (non-hydrogen) atoms. The Hall–Kier alpha value is -2.28. The predicted molar refractivity (Wildman–Crippen MR) is 77.8 cm³/mol. The average molecular weight is 335 g/mol. The van der Waals surface area contributed by atoms with Crippen LogP contribution in [0.25, 0.3) is 0 Å². The number of carbonyl (C=O) groups is 1. The first-order valence-electron chi connectivity index (χ1n) is 5.63. The molecular formula is C13H11BrN4O2. The van der Waals surface area contributed by atoms with E-state index >= 15 is 0 Å². The minimum atomic E-state index is -0.427. The van der Waals surface area contributed by atoms with Crippen LogP contribution in [0.15, 0.2) is 46.4 Å². The molecule has 0 aliphatic heterocycles. The summed E-state index contributed by atoms with van der Waals surface area (Å²) in [7, 11) is 1.57. The number of aromatic nitrogens is 2. The van der Waals surface area contributed by atoms with Crippen LogP contribution in [0.4, 0.5) is 0 Å². The molecule has 102 valence electrons. The topological polar surface area (TPSA) is 76.5 Å². The van der Waals surface area contributed by atoms with Crippen LogP contribution >= 0.6 is 15.9 Å². The third kappa shape index (κ3) is 3.61. The first kappa shape index (κ1) is 14.1. The van der Waals surface area contributed by atoms with Crippen LogP contribution < -0.4 is 10.2 Å². The fraction of sp³-hybridized carbons (Fsp3) is 0.0769. The maximum Gasteiger partial charge on any atom is 0.291 e. The van der Waals surface area contributed by atoms with E-state index in [-0.39, 0.29) is 5.69 Å². The van der Waals surface area contributed by atoms with E-state index in [1.165, 1.54) is 24.8 Å². The quantitative estimate of drug-likeness (QED) is 0.685. The zero-order chi connectivity index (χ0) is 14.4. The van der Waals surface area contributed by atoms with Crippen LogP contribution in [0.1, 0.15) is 16.1 Å². The number of nitrogens with one attached hydrogen (secondary N) is 1. The molecule has 0 radical (unpaired) electrons. The molecule has 0 fully saturated rings. The molecule has 0 saturated heterocycles. The van der Waals surface area contributed by atoms with Crippen LogP contribution in [0.3, 0.4) is 0 Å². The van der Waals surface area contributed by atoms with Gasteiger partial charge in [-0.15, -0.1) is 0 Å². The minimum absolute atomic E-state index is 0.200. The monoisotopic (exact) mass is 334 g/mol. The van der Waals surface area contributed by atoms with Gasteiger partial charge in [-0.3, -0.25) is 9.78 Å². The Kier molecular flexibility index (Phi) is 4.78. The van der Waals surface area contributed by atoms with Gasteiger partial charge in [-0.2, -0.15) is 5.10 Å². The summed E-state index contributed by atoms with van der Waals surface area (Å²) in [5, 5.41) is 3.87. The lowest BCUT2D eigenvalue weighted by atomic mass is 10.2. The second-order valence-corrected chi connectivity index (χ2v) is 4.59. The fourth-order valence-corrected chi connectivity index (χ4v) is 1.82. The molecule has 0 bridgehead atoms. The molecule has 0 aliphatic rings. The number of carbonyl (C=O) groups excluding carboxylic acids is 1. The Morgan fingerprint density at radius 2 is 2.30 bits per heavy atom. The summed E-state index contributed by atoms with van der Waals surface area (Å²) in [6, 6.07) is 5.49. The standard InChI is InChI=1S/C13H11BrN4O2/c1-20-12-3-2-10(14)6-9(12)7-17-18-13(19)11-8-15-4-5-16-11/h2-8H,1H3,(H,18,19)/b17-7-. The van der Waals surface area contributed by atoms with Gasteiger partial charge in [-0.25, -0.2) is 10.4 Å². The molecule has 2 rings (SSSR count). The van der Waals surface area contributed by atoms with Crippen LogP contribution in [0, 0.1) is 0 Å². The maximum absolute atomic E-state index is 11.7. The van der Waals surface area contributed by atoms with E-state index in [1.54, 1.807) is 13.2 Å². The maximum atomic E-state index is 11.7. The summed E-state index contributed by atoms with van der Waals surface area (Å²) < 4.78 is 6.08. The molecule has 0 unspecified atom stereocenters. The Morgan fingerprint density at radius 1 is 1.45 bits per heavy atom. The summed E-state index contributed by atoms with van der Waals surface area (Å²) in [5.74, 6) is 0.231. The van der Waals surface area contributed by atoms with Crippen LogP contribution in [0.2, 0.25) is 0 Å². The Balaban J connectivity index is 2.07. The summed E-state index contributed by atoms with van der Waals surface area (Å²) in [4.78, 5) is 19.4. The highest BCUT2D eigenvalue weighted by atomic mass is 79.9. The van der Waals surface area contributed by atoms with Crippen molar-refractivity contribution in [2.45, 2.75) is 0 Å². The van der Waals surface area contributed by atoms with E-state index in [2.05, 4.69) is 36.4 Å². The Morgan fingerprint density at radius 3 is 3.00 bits per heavy atom. The lowest BCUT2D eigenvalue weighted by Crippen LogP contribution is -2.19. The van der Waals surface area contributed by atoms with Crippen LogP contribution in [-0.2, 0) is 0 Å². The first-order valence-corrected chi connectivity index (χ1v) is 6.43. The Bertz CT molecular complexity index is 632. The average Bonchev–Trinajstić information content (AvgIpc) is 2.48. The lowest BCUT2D eigenvalue weighted by Gasteiger charge is -2.04. The van der Waals surface area contributed by atoms with Gasteiger partial charge in [0, 0.05) is 22.4 Å². The molecule has 7 heteroatoms. The van der Waals surface area contributed by atoms with Gasteiger partial charge in [0.05, 0.1) is 19.5 Å². The van der Waals surface area contributed by atoms with Crippen molar-refractivity contribution >= 4 is 28.1 Å². The summed E-state index contributed by atoms with van der Waals surface area (Å²) >= 11 is 3.36.